The van der Waals surface area contributed by atoms with Crippen molar-refractivity contribution in [2.45, 2.75) is 12.5 Å². The first kappa shape index (κ1) is 16.0. The molecule has 0 aliphatic carbocycles. The Labute approximate surface area is 147 Å². The fraction of sp³-hybridized carbons (Fsp3) is 0.350. The molecule has 5 nitrogen and oxygen atoms in total. The topological polar surface area (TPSA) is 39.5 Å². The average Bonchev–Trinajstić information content (AvgIpc) is 3.28. The lowest BCUT2D eigenvalue weighted by molar-refractivity contribution is 0.392. The van der Waals surface area contributed by atoms with Crippen molar-refractivity contribution in [3.8, 4) is 22.9 Å². The van der Waals surface area contributed by atoms with Crippen molar-refractivity contribution in [1.82, 2.24) is 14.5 Å². The third-order valence-electron chi connectivity index (χ3n) is 5.06. The lowest BCUT2D eigenvalue weighted by atomic mass is 10.0. The van der Waals surface area contributed by atoms with Crippen molar-refractivity contribution in [1.29, 1.82) is 0 Å². The van der Waals surface area contributed by atoms with Gasteiger partial charge in [0.25, 0.3) is 0 Å². The molecule has 0 N–H and O–H groups in total. The predicted molar refractivity (Wildman–Crippen MR) is 99.4 cm³/mol. The van der Waals surface area contributed by atoms with E-state index in [-0.39, 0.29) is 0 Å². The number of nitrogens with zero attached hydrogens (tertiary/aromatic N) is 3. The van der Waals surface area contributed by atoms with Gasteiger partial charge in [0, 0.05) is 30.4 Å². The second-order valence-corrected chi connectivity index (χ2v) is 6.59. The standard InChI is InChI=1S/C20H23N3O2/c1-22-10-8-15(13-22)23-11-9-21-20(23)19-17-12-16(24-2)6-4-14(17)5-7-18(19)25-3/h4-7,9,11-12,15H,8,10,13H2,1-3H3. The Kier molecular flexibility index (Phi) is 4.09. The zero-order chi connectivity index (χ0) is 17.4. The van der Waals surface area contributed by atoms with Gasteiger partial charge in [-0.25, -0.2) is 4.98 Å². The highest BCUT2D eigenvalue weighted by atomic mass is 16.5. The number of ether oxygens (including phenoxy) is 2. The maximum Gasteiger partial charge on any atom is 0.144 e. The van der Waals surface area contributed by atoms with E-state index < -0.39 is 0 Å². The molecule has 0 radical (unpaired) electrons. The molecule has 3 aromatic rings. The van der Waals surface area contributed by atoms with Crippen molar-refractivity contribution < 1.29 is 9.47 Å². The van der Waals surface area contributed by atoms with Crippen LogP contribution in [0.4, 0.5) is 0 Å². The molecule has 25 heavy (non-hydrogen) atoms. The number of hydrogen-bond acceptors (Lipinski definition) is 4. The van der Waals surface area contributed by atoms with Crippen LogP contribution in [0.15, 0.2) is 42.7 Å². The summed E-state index contributed by atoms with van der Waals surface area (Å²) in [7, 11) is 5.57. The first-order chi connectivity index (χ1) is 12.2. The van der Waals surface area contributed by atoms with E-state index in [0.29, 0.717) is 6.04 Å². The second kappa shape index (κ2) is 6.41. The van der Waals surface area contributed by atoms with Gasteiger partial charge in [-0.2, -0.15) is 0 Å². The minimum absolute atomic E-state index is 0.438. The molecular weight excluding hydrogens is 314 g/mol. The third kappa shape index (κ3) is 2.74. The molecule has 4 rings (SSSR count). The van der Waals surface area contributed by atoms with Crippen molar-refractivity contribution in [3.63, 3.8) is 0 Å². The van der Waals surface area contributed by atoms with E-state index in [1.165, 1.54) is 0 Å². The molecule has 130 valence electrons. The first-order valence-corrected chi connectivity index (χ1v) is 8.57. The van der Waals surface area contributed by atoms with Crippen LogP contribution in [-0.2, 0) is 0 Å². The van der Waals surface area contributed by atoms with Crippen LogP contribution in [0.25, 0.3) is 22.2 Å². The van der Waals surface area contributed by atoms with Crippen LogP contribution < -0.4 is 9.47 Å². The quantitative estimate of drug-likeness (QED) is 0.729. The van der Waals surface area contributed by atoms with Crippen LogP contribution in [0.1, 0.15) is 12.5 Å². The number of fused-ring (bicyclic) bond motifs is 1. The summed E-state index contributed by atoms with van der Waals surface area (Å²) in [4.78, 5) is 7.05. The van der Waals surface area contributed by atoms with E-state index in [1.807, 2.05) is 18.3 Å². The molecule has 0 spiro atoms. The zero-order valence-electron chi connectivity index (χ0n) is 14.9. The molecule has 1 saturated heterocycles. The van der Waals surface area contributed by atoms with Gasteiger partial charge in [0.2, 0.25) is 0 Å². The van der Waals surface area contributed by atoms with E-state index in [0.717, 1.165) is 53.2 Å². The molecule has 0 saturated carbocycles. The van der Waals surface area contributed by atoms with E-state index in [9.17, 15) is 0 Å². The van der Waals surface area contributed by atoms with Crippen molar-refractivity contribution in [2.75, 3.05) is 34.4 Å². The maximum absolute atomic E-state index is 5.68. The average molecular weight is 337 g/mol. The summed E-state index contributed by atoms with van der Waals surface area (Å²) in [5.41, 5.74) is 1.03. The van der Waals surface area contributed by atoms with Crippen LogP contribution in [0.2, 0.25) is 0 Å². The fourth-order valence-electron chi connectivity index (χ4n) is 3.75. The Balaban J connectivity index is 1.93. The smallest absolute Gasteiger partial charge is 0.144 e. The summed E-state index contributed by atoms with van der Waals surface area (Å²) < 4.78 is 13.4. The maximum atomic E-state index is 5.68. The SMILES string of the molecule is COc1ccc2ccc(OC)c(-c3nccn3C3CCN(C)C3)c2c1. The van der Waals surface area contributed by atoms with Gasteiger partial charge in [0.15, 0.2) is 0 Å². The fourth-order valence-corrected chi connectivity index (χ4v) is 3.75. The van der Waals surface area contributed by atoms with E-state index in [4.69, 9.17) is 14.5 Å². The number of methoxy groups -OCH3 is 2. The van der Waals surface area contributed by atoms with Gasteiger partial charge in [-0.05, 0) is 43.6 Å². The minimum atomic E-state index is 0.438. The zero-order valence-corrected chi connectivity index (χ0v) is 14.9. The molecule has 0 bridgehead atoms. The first-order valence-electron chi connectivity index (χ1n) is 8.57. The number of likely N-dealkylation sites (N-methyl/N-ethyl adjacent to an activating group) is 1. The largest absolute Gasteiger partial charge is 0.497 e. The molecule has 1 aliphatic rings. The molecule has 2 heterocycles. The molecule has 5 heteroatoms. The molecule has 1 aromatic heterocycles. The summed E-state index contributed by atoms with van der Waals surface area (Å²) >= 11 is 0. The predicted octanol–water partition coefficient (Wildman–Crippen LogP) is 3.60. The third-order valence-corrected chi connectivity index (χ3v) is 5.06. The lowest BCUT2D eigenvalue weighted by Crippen LogP contribution is -2.16. The molecule has 1 aliphatic heterocycles. The Morgan fingerprint density at radius 3 is 2.68 bits per heavy atom. The van der Waals surface area contributed by atoms with Crippen LogP contribution in [0.5, 0.6) is 11.5 Å². The van der Waals surface area contributed by atoms with Gasteiger partial charge in [-0.15, -0.1) is 0 Å². The van der Waals surface area contributed by atoms with E-state index in [1.54, 1.807) is 14.2 Å². The van der Waals surface area contributed by atoms with Gasteiger partial charge in [0.05, 0.1) is 19.8 Å². The Bertz CT molecular complexity index is 898. The van der Waals surface area contributed by atoms with Crippen LogP contribution in [-0.4, -0.2) is 48.8 Å². The summed E-state index contributed by atoms with van der Waals surface area (Å²) in [5, 5.41) is 2.24. The van der Waals surface area contributed by atoms with Crippen LogP contribution >= 0.6 is 0 Å². The summed E-state index contributed by atoms with van der Waals surface area (Å²) in [5.74, 6) is 2.62. The van der Waals surface area contributed by atoms with Crippen molar-refractivity contribution in [3.05, 3.63) is 42.7 Å². The van der Waals surface area contributed by atoms with Crippen LogP contribution in [0, 0.1) is 0 Å². The molecule has 2 aromatic carbocycles. The van der Waals surface area contributed by atoms with E-state index >= 15 is 0 Å². The Hall–Kier alpha value is -2.53. The highest BCUT2D eigenvalue weighted by Gasteiger charge is 2.25. The summed E-state index contributed by atoms with van der Waals surface area (Å²) in [6.07, 6.45) is 5.10. The van der Waals surface area contributed by atoms with Gasteiger partial charge in [0.1, 0.15) is 17.3 Å². The number of imidazole rings is 1. The summed E-state index contributed by atoms with van der Waals surface area (Å²) in [6, 6.07) is 10.7. The lowest BCUT2D eigenvalue weighted by Gasteiger charge is -2.18. The van der Waals surface area contributed by atoms with Gasteiger partial charge in [-0.1, -0.05) is 12.1 Å². The van der Waals surface area contributed by atoms with Crippen LogP contribution in [0.3, 0.4) is 0 Å². The number of rotatable bonds is 4. The Morgan fingerprint density at radius 2 is 1.96 bits per heavy atom. The number of hydrogen-bond donors (Lipinski definition) is 0. The van der Waals surface area contributed by atoms with Gasteiger partial charge >= 0.3 is 0 Å². The Morgan fingerprint density at radius 1 is 1.12 bits per heavy atom. The molecule has 1 unspecified atom stereocenters. The molecule has 1 fully saturated rings. The highest BCUT2D eigenvalue weighted by molar-refractivity contribution is 5.99. The number of aromatic nitrogens is 2. The second-order valence-electron chi connectivity index (χ2n) is 6.59. The summed E-state index contributed by atoms with van der Waals surface area (Å²) in [6.45, 7) is 2.16. The van der Waals surface area contributed by atoms with Crippen molar-refractivity contribution in [2.24, 2.45) is 0 Å². The van der Waals surface area contributed by atoms with Gasteiger partial charge in [-0.3, -0.25) is 0 Å². The monoisotopic (exact) mass is 337 g/mol. The number of benzene rings is 2. The normalized spacial score (nSPS) is 18.0. The number of likely N-dealkylation sites (tertiary alicyclic amines) is 1. The molecule has 1 atom stereocenters. The molecule has 0 amide bonds. The van der Waals surface area contributed by atoms with Gasteiger partial charge < -0.3 is 18.9 Å². The van der Waals surface area contributed by atoms with Crippen molar-refractivity contribution >= 4 is 10.8 Å². The van der Waals surface area contributed by atoms with E-state index in [2.05, 4.69) is 40.9 Å². The minimum Gasteiger partial charge on any atom is -0.497 e. The highest BCUT2D eigenvalue weighted by Crippen LogP contribution is 2.39. The molecular formula is C20H23N3O2.